The number of pyridine rings is 1. The Morgan fingerprint density at radius 3 is 2.60 bits per heavy atom. The molecule has 1 atom stereocenters. The summed E-state index contributed by atoms with van der Waals surface area (Å²) < 4.78 is 14.4. The van der Waals surface area contributed by atoms with E-state index in [4.69, 9.17) is 23.2 Å². The van der Waals surface area contributed by atoms with Crippen LogP contribution in [0.2, 0.25) is 10.0 Å². The number of nitrogens with zero attached hydrogens (tertiary/aromatic N) is 1. The van der Waals surface area contributed by atoms with Gasteiger partial charge in [-0.1, -0.05) is 23.2 Å². The first-order valence-corrected chi connectivity index (χ1v) is 7.31. The van der Waals surface area contributed by atoms with Gasteiger partial charge in [0, 0.05) is 33.9 Å². The van der Waals surface area contributed by atoms with Gasteiger partial charge in [0.1, 0.15) is 5.82 Å². The third-order valence-electron chi connectivity index (χ3n) is 2.90. The Hall–Kier alpha value is -0.680. The van der Waals surface area contributed by atoms with Crippen LogP contribution in [0.25, 0.3) is 0 Å². The topological polar surface area (TPSA) is 33.1 Å². The zero-order valence-corrected chi connectivity index (χ0v) is 13.6. The van der Waals surface area contributed by atoms with Crippen LogP contribution < -0.4 is 0 Å². The number of benzene rings is 1. The molecule has 0 aliphatic carbocycles. The number of aromatic nitrogens is 1. The molecule has 0 fully saturated rings. The molecule has 0 amide bonds. The van der Waals surface area contributed by atoms with E-state index in [9.17, 15) is 9.50 Å². The highest BCUT2D eigenvalue weighted by molar-refractivity contribution is 9.10. The molecule has 1 aromatic carbocycles. The second-order valence-corrected chi connectivity index (χ2v) is 6.44. The van der Waals surface area contributed by atoms with E-state index in [2.05, 4.69) is 20.9 Å². The third-order valence-corrected chi connectivity index (χ3v) is 3.94. The third kappa shape index (κ3) is 3.50. The second kappa shape index (κ2) is 5.98. The van der Waals surface area contributed by atoms with Crippen molar-refractivity contribution in [1.29, 1.82) is 0 Å². The minimum atomic E-state index is -1.33. The van der Waals surface area contributed by atoms with Crippen LogP contribution in [0.1, 0.15) is 18.1 Å². The molecule has 1 aromatic heterocycles. The Kier molecular flexibility index (Phi) is 4.69. The van der Waals surface area contributed by atoms with Gasteiger partial charge in [0.05, 0.1) is 10.6 Å². The van der Waals surface area contributed by atoms with Crippen LogP contribution in [0.4, 0.5) is 4.39 Å². The van der Waals surface area contributed by atoms with Crippen molar-refractivity contribution in [2.45, 2.75) is 18.9 Å². The molecule has 0 aliphatic rings. The summed E-state index contributed by atoms with van der Waals surface area (Å²) in [5.41, 5.74) is -0.234. The molecule has 2 nitrogen and oxygen atoms in total. The maximum atomic E-state index is 13.6. The lowest BCUT2D eigenvalue weighted by Gasteiger charge is -2.25. The summed E-state index contributed by atoms with van der Waals surface area (Å²) in [6.45, 7) is 1.57. The van der Waals surface area contributed by atoms with E-state index in [1.165, 1.54) is 6.07 Å². The predicted molar refractivity (Wildman–Crippen MR) is 81.6 cm³/mol. The maximum Gasteiger partial charge on any atom is 0.142 e. The fourth-order valence-corrected chi connectivity index (χ4v) is 2.98. The van der Waals surface area contributed by atoms with Gasteiger partial charge in [-0.3, -0.25) is 4.98 Å². The van der Waals surface area contributed by atoms with Crippen molar-refractivity contribution in [3.8, 4) is 0 Å². The lowest BCUT2D eigenvalue weighted by atomic mass is 9.89. The van der Waals surface area contributed by atoms with Crippen LogP contribution >= 0.6 is 39.1 Å². The van der Waals surface area contributed by atoms with Crippen molar-refractivity contribution in [3.63, 3.8) is 0 Å². The number of aliphatic hydroxyl groups is 1. The minimum absolute atomic E-state index is 0.0707. The first-order valence-electron chi connectivity index (χ1n) is 5.76. The molecule has 0 bridgehead atoms. The van der Waals surface area contributed by atoms with Gasteiger partial charge < -0.3 is 5.11 Å². The summed E-state index contributed by atoms with van der Waals surface area (Å²) in [7, 11) is 0. The Morgan fingerprint density at radius 2 is 1.95 bits per heavy atom. The number of hydrogen-bond donors (Lipinski definition) is 1. The molecule has 0 spiro atoms. The zero-order valence-electron chi connectivity index (χ0n) is 10.5. The number of halogens is 4. The van der Waals surface area contributed by atoms with Crippen molar-refractivity contribution in [1.82, 2.24) is 4.98 Å². The number of rotatable bonds is 3. The summed E-state index contributed by atoms with van der Waals surface area (Å²) in [5, 5.41) is 10.7. The summed E-state index contributed by atoms with van der Waals surface area (Å²) in [4.78, 5) is 4.03. The molecule has 0 radical (unpaired) electrons. The van der Waals surface area contributed by atoms with Crippen molar-refractivity contribution in [2.24, 2.45) is 0 Å². The van der Waals surface area contributed by atoms with Gasteiger partial charge in [0.2, 0.25) is 0 Å². The van der Waals surface area contributed by atoms with Crippen LogP contribution in [-0.4, -0.2) is 10.1 Å². The average molecular weight is 379 g/mol. The molecular formula is C14H11BrCl2FNO. The average Bonchev–Trinajstić information content (AvgIpc) is 2.33. The summed E-state index contributed by atoms with van der Waals surface area (Å²) in [6.07, 6.45) is 3.53. The standard InChI is InChI=1S/C14H11BrCl2FNO/c1-14(20,5-8-2-9(15)7-19-6-8)10-3-13(18)12(17)4-11(10)16/h2-4,6-7,20H,5H2,1H3. The van der Waals surface area contributed by atoms with E-state index in [1.54, 1.807) is 19.3 Å². The van der Waals surface area contributed by atoms with Crippen molar-refractivity contribution in [2.75, 3.05) is 0 Å². The van der Waals surface area contributed by atoms with Gasteiger partial charge >= 0.3 is 0 Å². The van der Waals surface area contributed by atoms with Crippen LogP contribution in [0.3, 0.4) is 0 Å². The zero-order chi connectivity index (χ0) is 14.9. The van der Waals surface area contributed by atoms with E-state index in [1.807, 2.05) is 6.07 Å². The van der Waals surface area contributed by atoms with Gasteiger partial charge in [0.25, 0.3) is 0 Å². The SMILES string of the molecule is CC(O)(Cc1cncc(Br)c1)c1cc(F)c(Cl)cc1Cl. The fraction of sp³-hybridized carbons (Fsp3) is 0.214. The number of hydrogen-bond acceptors (Lipinski definition) is 2. The highest BCUT2D eigenvalue weighted by Gasteiger charge is 2.27. The van der Waals surface area contributed by atoms with Gasteiger partial charge in [-0.15, -0.1) is 0 Å². The molecule has 2 aromatic rings. The Bertz CT molecular complexity index is 649. The Labute approximate surface area is 134 Å². The summed E-state index contributed by atoms with van der Waals surface area (Å²) in [5.74, 6) is -0.612. The van der Waals surface area contributed by atoms with Crippen LogP contribution in [-0.2, 0) is 12.0 Å². The first-order chi connectivity index (χ1) is 9.29. The van der Waals surface area contributed by atoms with Gasteiger partial charge in [-0.2, -0.15) is 0 Å². The Morgan fingerprint density at radius 1 is 1.25 bits per heavy atom. The molecule has 2 rings (SSSR count). The molecule has 106 valence electrons. The molecule has 0 aliphatic heterocycles. The van der Waals surface area contributed by atoms with Crippen LogP contribution in [0.5, 0.6) is 0 Å². The van der Waals surface area contributed by atoms with E-state index in [0.29, 0.717) is 5.56 Å². The van der Waals surface area contributed by atoms with Gasteiger partial charge in [-0.25, -0.2) is 4.39 Å². The van der Waals surface area contributed by atoms with Crippen molar-refractivity contribution in [3.05, 3.63) is 62.1 Å². The smallest absolute Gasteiger partial charge is 0.142 e. The molecule has 0 saturated carbocycles. The summed E-state index contributed by atoms with van der Waals surface area (Å²) >= 11 is 15.0. The van der Waals surface area contributed by atoms with Crippen LogP contribution in [0.15, 0.2) is 35.1 Å². The van der Waals surface area contributed by atoms with Crippen molar-refractivity contribution < 1.29 is 9.50 Å². The predicted octanol–water partition coefficient (Wildman–Crippen LogP) is 4.74. The van der Waals surface area contributed by atoms with E-state index < -0.39 is 11.4 Å². The minimum Gasteiger partial charge on any atom is -0.385 e. The molecule has 6 heteroatoms. The normalized spacial score (nSPS) is 14.1. The molecule has 20 heavy (non-hydrogen) atoms. The van der Waals surface area contributed by atoms with E-state index >= 15 is 0 Å². The van der Waals surface area contributed by atoms with Gasteiger partial charge in [-0.05, 0) is 46.6 Å². The highest BCUT2D eigenvalue weighted by Crippen LogP contribution is 2.34. The molecule has 1 N–H and O–H groups in total. The quantitative estimate of drug-likeness (QED) is 0.782. The molecule has 1 heterocycles. The van der Waals surface area contributed by atoms with E-state index in [0.717, 1.165) is 16.1 Å². The fourth-order valence-electron chi connectivity index (χ4n) is 1.98. The monoisotopic (exact) mass is 377 g/mol. The lowest BCUT2D eigenvalue weighted by molar-refractivity contribution is 0.0573. The molecular weight excluding hydrogens is 368 g/mol. The lowest BCUT2D eigenvalue weighted by Crippen LogP contribution is -2.25. The Balaban J connectivity index is 2.37. The second-order valence-electron chi connectivity index (χ2n) is 4.71. The van der Waals surface area contributed by atoms with Crippen LogP contribution in [0, 0.1) is 5.82 Å². The molecule has 0 saturated heterocycles. The molecule has 1 unspecified atom stereocenters. The highest BCUT2D eigenvalue weighted by atomic mass is 79.9. The largest absolute Gasteiger partial charge is 0.385 e. The maximum absolute atomic E-state index is 13.6. The first kappa shape index (κ1) is 15.7. The van der Waals surface area contributed by atoms with Crippen molar-refractivity contribution >= 4 is 39.1 Å². The van der Waals surface area contributed by atoms with Gasteiger partial charge in [0.15, 0.2) is 0 Å². The summed E-state index contributed by atoms with van der Waals surface area (Å²) in [6, 6.07) is 4.29. The van der Waals surface area contributed by atoms with E-state index in [-0.39, 0.29) is 16.5 Å².